The van der Waals surface area contributed by atoms with Crippen LogP contribution in [0.3, 0.4) is 0 Å². The first-order chi connectivity index (χ1) is 14.5. The minimum absolute atomic E-state index is 0. The molecule has 31 heavy (non-hydrogen) atoms. The van der Waals surface area contributed by atoms with Gasteiger partial charge >= 0.3 is 0 Å². The van der Waals surface area contributed by atoms with Gasteiger partial charge in [-0.25, -0.2) is 4.99 Å². The summed E-state index contributed by atoms with van der Waals surface area (Å²) in [5.74, 6) is 2.60. The summed E-state index contributed by atoms with van der Waals surface area (Å²) in [5.41, 5.74) is 0.156. The number of rotatable bonds is 9. The average Bonchev–Trinajstić information content (AvgIpc) is 3.08. The average molecular weight is 550 g/mol. The largest absolute Gasteiger partial charge is 0.381 e. The van der Waals surface area contributed by atoms with E-state index >= 15 is 0 Å². The molecule has 1 saturated heterocycles. The Morgan fingerprint density at radius 3 is 2.55 bits per heavy atom. The van der Waals surface area contributed by atoms with Crippen LogP contribution in [0.2, 0.25) is 0 Å². The van der Waals surface area contributed by atoms with E-state index in [4.69, 9.17) is 14.5 Å². The van der Waals surface area contributed by atoms with Gasteiger partial charge in [0.25, 0.3) is 0 Å². The van der Waals surface area contributed by atoms with Crippen molar-refractivity contribution in [1.29, 1.82) is 0 Å². The Bertz CT molecular complexity index is 702. The molecule has 1 aromatic heterocycles. The molecule has 1 aromatic rings. The van der Waals surface area contributed by atoms with Crippen LogP contribution >= 0.6 is 24.0 Å². The summed E-state index contributed by atoms with van der Waals surface area (Å²) in [5, 5.41) is 15.6. The lowest BCUT2D eigenvalue weighted by molar-refractivity contribution is -0.118. The summed E-state index contributed by atoms with van der Waals surface area (Å²) in [6.07, 6.45) is 3.48. The van der Waals surface area contributed by atoms with Gasteiger partial charge in [0.05, 0.1) is 19.3 Å². The maximum atomic E-state index is 5.76. The number of morpholine rings is 1. The number of methoxy groups -OCH3 is 1. The van der Waals surface area contributed by atoms with Gasteiger partial charge in [-0.1, -0.05) is 13.8 Å². The van der Waals surface area contributed by atoms with Crippen LogP contribution in [-0.2, 0) is 23.1 Å². The van der Waals surface area contributed by atoms with Crippen LogP contribution in [0.25, 0.3) is 0 Å². The van der Waals surface area contributed by atoms with Gasteiger partial charge in [-0.15, -0.1) is 34.2 Å². The number of aryl methyl sites for hydroxylation is 1. The molecule has 0 bridgehead atoms. The van der Waals surface area contributed by atoms with E-state index in [1.165, 1.54) is 0 Å². The lowest BCUT2D eigenvalue weighted by Crippen LogP contribution is -2.65. The van der Waals surface area contributed by atoms with Crippen molar-refractivity contribution in [2.24, 2.45) is 17.5 Å². The van der Waals surface area contributed by atoms with E-state index in [-0.39, 0.29) is 29.4 Å². The fourth-order valence-corrected chi connectivity index (χ4v) is 4.69. The van der Waals surface area contributed by atoms with Gasteiger partial charge in [0, 0.05) is 51.8 Å². The molecule has 2 unspecified atom stereocenters. The molecule has 0 aromatic carbocycles. The first kappa shape index (κ1) is 26.3. The van der Waals surface area contributed by atoms with Crippen LogP contribution in [0.15, 0.2) is 4.99 Å². The molecule has 178 valence electrons. The molecule has 2 N–H and O–H groups in total. The van der Waals surface area contributed by atoms with Crippen molar-refractivity contribution in [3.05, 3.63) is 11.6 Å². The molecule has 0 spiro atoms. The highest BCUT2D eigenvalue weighted by Crippen LogP contribution is 2.48. The predicted molar refractivity (Wildman–Crippen MR) is 133 cm³/mol. The number of nitrogens with one attached hydrogen (secondary N) is 2. The summed E-state index contributed by atoms with van der Waals surface area (Å²) >= 11 is 0. The van der Waals surface area contributed by atoms with Gasteiger partial charge in [0.2, 0.25) is 0 Å². The number of hydrogen-bond donors (Lipinski definition) is 2. The Kier molecular flexibility index (Phi) is 10.4. The molecular formula is C21H40IN7O2. The zero-order valence-corrected chi connectivity index (χ0v) is 22.0. The quantitative estimate of drug-likeness (QED) is 0.276. The first-order valence-electron chi connectivity index (χ1n) is 11.3. The van der Waals surface area contributed by atoms with Gasteiger partial charge in [-0.2, -0.15) is 0 Å². The molecule has 9 nitrogen and oxygen atoms in total. The monoisotopic (exact) mass is 549 g/mol. The van der Waals surface area contributed by atoms with E-state index in [0.717, 1.165) is 76.3 Å². The minimum Gasteiger partial charge on any atom is -0.381 e. The highest BCUT2D eigenvalue weighted by Gasteiger charge is 2.53. The number of aliphatic imine (C=N–C) groups is 1. The van der Waals surface area contributed by atoms with E-state index in [2.05, 4.69) is 39.6 Å². The molecule has 0 radical (unpaired) electrons. The van der Waals surface area contributed by atoms with E-state index in [1.807, 2.05) is 25.6 Å². The Hall–Kier alpha value is -0.980. The van der Waals surface area contributed by atoms with Gasteiger partial charge < -0.3 is 24.7 Å². The molecule has 1 saturated carbocycles. The summed E-state index contributed by atoms with van der Waals surface area (Å²) < 4.78 is 13.2. The van der Waals surface area contributed by atoms with Crippen LogP contribution in [0.1, 0.15) is 44.8 Å². The minimum atomic E-state index is 0. The van der Waals surface area contributed by atoms with E-state index in [0.29, 0.717) is 18.7 Å². The first-order valence-corrected chi connectivity index (χ1v) is 11.3. The molecular weight excluding hydrogens is 509 g/mol. The molecule has 2 heterocycles. The van der Waals surface area contributed by atoms with Gasteiger partial charge in [0.1, 0.15) is 12.4 Å². The third-order valence-electron chi connectivity index (χ3n) is 7.08. The van der Waals surface area contributed by atoms with Crippen LogP contribution in [-0.4, -0.2) is 84.3 Å². The Morgan fingerprint density at radius 1 is 1.26 bits per heavy atom. The number of hydrogen-bond acceptors (Lipinski definition) is 6. The third kappa shape index (κ3) is 6.08. The second kappa shape index (κ2) is 12.3. The fraction of sp³-hybridized carbons (Fsp3) is 0.857. The molecule has 2 atom stereocenters. The Morgan fingerprint density at radius 2 is 1.97 bits per heavy atom. The summed E-state index contributed by atoms with van der Waals surface area (Å²) in [6, 6.07) is 0.355. The standard InChI is InChI=1S/C21H39N7O2.HI/c1-6-21(7-2)17(14-18(21)29-5)24-20(22-8-9-28-10-12-30-13-11-28)23-15-19-26-25-16(3)27(19)4;/h17-18H,6-15H2,1-5H3,(H2,22,23,24);1H. The van der Waals surface area contributed by atoms with Crippen molar-refractivity contribution in [3.8, 4) is 0 Å². The van der Waals surface area contributed by atoms with E-state index in [1.54, 1.807) is 0 Å². The third-order valence-corrected chi connectivity index (χ3v) is 7.08. The van der Waals surface area contributed by atoms with Crippen LogP contribution < -0.4 is 10.6 Å². The second-order valence-electron chi connectivity index (χ2n) is 8.37. The second-order valence-corrected chi connectivity index (χ2v) is 8.37. The van der Waals surface area contributed by atoms with Crippen LogP contribution in [0.4, 0.5) is 0 Å². The van der Waals surface area contributed by atoms with Crippen molar-refractivity contribution in [2.45, 2.75) is 58.7 Å². The van der Waals surface area contributed by atoms with Crippen LogP contribution in [0.5, 0.6) is 0 Å². The Labute approximate surface area is 203 Å². The van der Waals surface area contributed by atoms with Crippen LogP contribution in [0, 0.1) is 12.3 Å². The van der Waals surface area contributed by atoms with Crippen molar-refractivity contribution < 1.29 is 9.47 Å². The number of aromatic nitrogens is 3. The number of nitrogens with zero attached hydrogens (tertiary/aromatic N) is 5. The highest BCUT2D eigenvalue weighted by atomic mass is 127. The van der Waals surface area contributed by atoms with Gasteiger partial charge in [-0.3, -0.25) is 4.90 Å². The summed E-state index contributed by atoms with van der Waals surface area (Å²) in [4.78, 5) is 7.27. The van der Waals surface area contributed by atoms with Crippen molar-refractivity contribution in [1.82, 2.24) is 30.3 Å². The number of halogens is 1. The molecule has 2 fully saturated rings. The summed E-state index contributed by atoms with van der Waals surface area (Å²) in [6.45, 7) is 12.4. The maximum Gasteiger partial charge on any atom is 0.191 e. The molecule has 1 aliphatic heterocycles. The molecule has 10 heteroatoms. The fourth-order valence-electron chi connectivity index (χ4n) is 4.69. The Balaban J connectivity index is 0.00000341. The normalized spacial score (nSPS) is 23.7. The van der Waals surface area contributed by atoms with Crippen molar-refractivity contribution in [2.75, 3.05) is 46.5 Å². The summed E-state index contributed by atoms with van der Waals surface area (Å²) in [7, 11) is 3.81. The molecule has 1 aliphatic carbocycles. The van der Waals surface area contributed by atoms with Gasteiger partial charge in [0.15, 0.2) is 11.8 Å². The molecule has 3 rings (SSSR count). The number of guanidine groups is 1. The van der Waals surface area contributed by atoms with Gasteiger partial charge in [-0.05, 0) is 26.2 Å². The topological polar surface area (TPSA) is 88.8 Å². The molecule has 2 aliphatic rings. The van der Waals surface area contributed by atoms with E-state index in [9.17, 15) is 0 Å². The zero-order chi connectivity index (χ0) is 21.6. The maximum absolute atomic E-state index is 5.76. The lowest BCUT2D eigenvalue weighted by Gasteiger charge is -2.55. The predicted octanol–water partition coefficient (Wildman–Crippen LogP) is 1.70. The van der Waals surface area contributed by atoms with Crippen molar-refractivity contribution >= 4 is 29.9 Å². The van der Waals surface area contributed by atoms with Crippen molar-refractivity contribution in [3.63, 3.8) is 0 Å². The highest BCUT2D eigenvalue weighted by molar-refractivity contribution is 14.0. The van der Waals surface area contributed by atoms with E-state index < -0.39 is 0 Å². The molecule has 0 amide bonds. The smallest absolute Gasteiger partial charge is 0.191 e. The SMILES string of the molecule is CCC1(CC)C(NC(=NCc2nnc(C)n2C)NCCN2CCOCC2)CC1OC.I. The lowest BCUT2D eigenvalue weighted by atomic mass is 9.58. The zero-order valence-electron chi connectivity index (χ0n) is 19.7. The number of ether oxygens (including phenoxy) is 2.